The molecule has 1 heterocycles. The Hall–Kier alpha value is -3.42. The summed E-state index contributed by atoms with van der Waals surface area (Å²) in [4.78, 5) is 31.1. The summed E-state index contributed by atoms with van der Waals surface area (Å²) in [5, 5.41) is 18.7. The Labute approximate surface area is 151 Å². The molecule has 2 aromatic rings. The number of aliphatic imine (C=N–C) groups is 1. The first kappa shape index (κ1) is 20.6. The number of rotatable bonds is 7. The lowest BCUT2D eigenvalue weighted by atomic mass is 10.1. The van der Waals surface area contributed by atoms with E-state index in [1.807, 2.05) is 37.4 Å². The minimum Gasteiger partial charge on any atom is -0.478 e. The number of hydrogen-bond donors (Lipinski definition) is 4. The number of benzene rings is 1. The van der Waals surface area contributed by atoms with Gasteiger partial charge in [-0.15, -0.1) is 0 Å². The molecule has 1 aromatic heterocycles. The molecule has 0 spiro atoms. The van der Waals surface area contributed by atoms with Crippen LogP contribution in [0.2, 0.25) is 0 Å². The molecular formula is C18H22N4O4. The molecule has 4 N–H and O–H groups in total. The van der Waals surface area contributed by atoms with E-state index in [2.05, 4.69) is 27.2 Å². The predicted molar refractivity (Wildman–Crippen MR) is 99.6 cm³/mol. The lowest BCUT2D eigenvalue weighted by molar-refractivity contribution is -0.134. The van der Waals surface area contributed by atoms with E-state index in [0.717, 1.165) is 35.7 Å². The number of aromatic amines is 1. The molecule has 0 unspecified atom stereocenters. The smallest absolute Gasteiger partial charge is 0.328 e. The maximum absolute atomic E-state index is 9.55. The van der Waals surface area contributed by atoms with Gasteiger partial charge < -0.3 is 20.5 Å². The zero-order chi connectivity index (χ0) is 19.4. The largest absolute Gasteiger partial charge is 0.478 e. The maximum Gasteiger partial charge on any atom is 0.328 e. The number of H-pyrrole nitrogens is 1. The fourth-order valence-electron chi connectivity index (χ4n) is 1.76. The highest BCUT2D eigenvalue weighted by molar-refractivity contribution is 5.89. The van der Waals surface area contributed by atoms with Crippen molar-refractivity contribution in [3.05, 3.63) is 48.4 Å². The molecule has 0 bridgehead atoms. The first-order valence-corrected chi connectivity index (χ1v) is 8.00. The van der Waals surface area contributed by atoms with E-state index >= 15 is 0 Å². The van der Waals surface area contributed by atoms with E-state index in [1.165, 1.54) is 0 Å². The van der Waals surface area contributed by atoms with Gasteiger partial charge in [-0.3, -0.25) is 0 Å². The van der Waals surface area contributed by atoms with Gasteiger partial charge in [-0.1, -0.05) is 19.1 Å². The molecule has 1 aromatic carbocycles. The molecule has 0 aliphatic rings. The number of aryl methyl sites for hydroxylation is 1. The standard InChI is InChI=1S/C14H18N4.C4H4O4/c1-3-14-16-9-13(18-14)11-5-7-12(8-6-11)17-10-15-4-2;5-3(6)1-2-4(7)8/h5-10H,3-4H2,1-2H3,(H,15,17)(H,16,18);1-2H,(H,5,6)(H,7,8). The topological polar surface area (TPSA) is 128 Å². The Bertz CT molecular complexity index is 748. The number of nitrogens with one attached hydrogen (secondary N) is 2. The van der Waals surface area contributed by atoms with Crippen LogP contribution in [0.5, 0.6) is 0 Å². The minimum absolute atomic E-state index is 0.558. The van der Waals surface area contributed by atoms with Crippen molar-refractivity contribution in [3.8, 4) is 11.3 Å². The molecule has 0 fully saturated rings. The predicted octanol–water partition coefficient (Wildman–Crippen LogP) is 2.62. The van der Waals surface area contributed by atoms with Gasteiger partial charge in [0.15, 0.2) is 0 Å². The van der Waals surface area contributed by atoms with Crippen molar-refractivity contribution in [2.45, 2.75) is 20.3 Å². The number of imidazole rings is 1. The maximum atomic E-state index is 9.55. The van der Waals surface area contributed by atoms with Gasteiger partial charge in [0.05, 0.1) is 17.7 Å². The fourth-order valence-corrected chi connectivity index (χ4v) is 1.76. The molecular weight excluding hydrogens is 336 g/mol. The number of aliphatic carboxylic acids is 2. The van der Waals surface area contributed by atoms with Gasteiger partial charge in [-0.05, 0) is 19.1 Å². The van der Waals surface area contributed by atoms with Crippen molar-refractivity contribution in [2.24, 2.45) is 4.99 Å². The molecule has 0 amide bonds. The highest BCUT2D eigenvalue weighted by Gasteiger charge is 2.02. The molecule has 2 rings (SSSR count). The quantitative estimate of drug-likeness (QED) is 0.342. The van der Waals surface area contributed by atoms with Crippen molar-refractivity contribution in [2.75, 3.05) is 6.54 Å². The third kappa shape index (κ3) is 7.91. The van der Waals surface area contributed by atoms with Gasteiger partial charge in [-0.2, -0.15) is 0 Å². The average Bonchev–Trinajstić information content (AvgIpc) is 3.10. The molecule has 0 aliphatic heterocycles. The Morgan fingerprint density at radius 1 is 1.15 bits per heavy atom. The Balaban J connectivity index is 0.000000359. The molecule has 8 nitrogen and oxygen atoms in total. The molecule has 8 heteroatoms. The van der Waals surface area contributed by atoms with Crippen molar-refractivity contribution >= 4 is 24.0 Å². The van der Waals surface area contributed by atoms with Crippen LogP contribution in [0.4, 0.5) is 5.69 Å². The van der Waals surface area contributed by atoms with Crippen LogP contribution >= 0.6 is 0 Å². The summed E-state index contributed by atoms with van der Waals surface area (Å²) in [5.41, 5.74) is 3.02. The fraction of sp³-hybridized carbons (Fsp3) is 0.222. The summed E-state index contributed by atoms with van der Waals surface area (Å²) in [6, 6.07) is 8.05. The summed E-state index contributed by atoms with van der Waals surface area (Å²) in [5.74, 6) is -1.50. The summed E-state index contributed by atoms with van der Waals surface area (Å²) < 4.78 is 0. The summed E-state index contributed by atoms with van der Waals surface area (Å²) in [6.07, 6.45) is 5.70. The van der Waals surface area contributed by atoms with Crippen LogP contribution in [0.3, 0.4) is 0 Å². The lowest BCUT2D eigenvalue weighted by Crippen LogP contribution is -2.08. The molecule has 0 saturated carbocycles. The molecule has 0 radical (unpaired) electrons. The molecule has 0 atom stereocenters. The van der Waals surface area contributed by atoms with Gasteiger partial charge in [0.1, 0.15) is 5.82 Å². The summed E-state index contributed by atoms with van der Waals surface area (Å²) in [7, 11) is 0. The Morgan fingerprint density at radius 2 is 1.77 bits per heavy atom. The number of carbonyl (C=O) groups is 2. The second kappa shape index (κ2) is 11.2. The van der Waals surface area contributed by atoms with Crippen LogP contribution < -0.4 is 5.32 Å². The number of aromatic nitrogens is 2. The van der Waals surface area contributed by atoms with Crippen molar-refractivity contribution < 1.29 is 19.8 Å². The second-order valence-electron chi connectivity index (χ2n) is 4.96. The zero-order valence-corrected chi connectivity index (χ0v) is 14.6. The average molecular weight is 358 g/mol. The van der Waals surface area contributed by atoms with E-state index in [0.29, 0.717) is 12.2 Å². The van der Waals surface area contributed by atoms with E-state index in [9.17, 15) is 9.59 Å². The Kier molecular flexibility index (Phi) is 8.88. The third-order valence-electron chi connectivity index (χ3n) is 3.01. The van der Waals surface area contributed by atoms with Crippen LogP contribution in [0.1, 0.15) is 19.7 Å². The van der Waals surface area contributed by atoms with Gasteiger partial charge >= 0.3 is 11.9 Å². The number of carboxylic acids is 2. The summed E-state index contributed by atoms with van der Waals surface area (Å²) in [6.45, 7) is 5.01. The van der Waals surface area contributed by atoms with Crippen LogP contribution in [-0.2, 0) is 16.0 Å². The van der Waals surface area contributed by atoms with Gasteiger partial charge in [-0.25, -0.2) is 19.6 Å². The molecule has 0 saturated heterocycles. The zero-order valence-electron chi connectivity index (χ0n) is 14.6. The van der Waals surface area contributed by atoms with Crippen LogP contribution in [0, 0.1) is 0 Å². The van der Waals surface area contributed by atoms with Crippen molar-refractivity contribution in [1.82, 2.24) is 15.3 Å². The normalized spacial score (nSPS) is 10.5. The minimum atomic E-state index is -1.26. The number of hydrogen-bond acceptors (Lipinski definition) is 4. The van der Waals surface area contributed by atoms with Gasteiger partial charge in [0.25, 0.3) is 0 Å². The third-order valence-corrected chi connectivity index (χ3v) is 3.01. The molecule has 138 valence electrons. The number of nitrogens with zero attached hydrogens (tertiary/aromatic N) is 2. The monoisotopic (exact) mass is 358 g/mol. The lowest BCUT2D eigenvalue weighted by Gasteiger charge is -1.98. The van der Waals surface area contributed by atoms with E-state index in [4.69, 9.17) is 10.2 Å². The first-order valence-electron chi connectivity index (χ1n) is 8.00. The molecule has 26 heavy (non-hydrogen) atoms. The van der Waals surface area contributed by atoms with Gasteiger partial charge in [0.2, 0.25) is 0 Å². The van der Waals surface area contributed by atoms with E-state index < -0.39 is 11.9 Å². The van der Waals surface area contributed by atoms with E-state index in [1.54, 1.807) is 6.34 Å². The highest BCUT2D eigenvalue weighted by atomic mass is 16.4. The van der Waals surface area contributed by atoms with Crippen LogP contribution in [-0.4, -0.2) is 45.0 Å². The molecule has 0 aliphatic carbocycles. The first-order chi connectivity index (χ1) is 12.5. The van der Waals surface area contributed by atoms with E-state index in [-0.39, 0.29) is 0 Å². The Morgan fingerprint density at radius 3 is 2.23 bits per heavy atom. The van der Waals surface area contributed by atoms with Crippen molar-refractivity contribution in [1.29, 1.82) is 0 Å². The van der Waals surface area contributed by atoms with Crippen LogP contribution in [0.25, 0.3) is 11.3 Å². The van der Waals surface area contributed by atoms with Crippen LogP contribution in [0.15, 0.2) is 47.6 Å². The SMILES string of the molecule is CCNC=Nc1ccc(-c2c[nH]c(CC)n2)cc1.O=C(O)C=CC(=O)O. The van der Waals surface area contributed by atoms with Crippen molar-refractivity contribution in [3.63, 3.8) is 0 Å². The number of carboxylic acid groups (broad SMARTS) is 2. The second-order valence-corrected chi connectivity index (χ2v) is 4.96. The van der Waals surface area contributed by atoms with Gasteiger partial charge in [0, 0.05) is 36.9 Å². The highest BCUT2D eigenvalue weighted by Crippen LogP contribution is 2.20. The summed E-state index contributed by atoms with van der Waals surface area (Å²) >= 11 is 0.